The fourth-order valence-corrected chi connectivity index (χ4v) is 2.60. The van der Waals surface area contributed by atoms with Crippen LogP contribution < -0.4 is 10.1 Å². The third-order valence-electron chi connectivity index (χ3n) is 3.37. The number of alkyl halides is 3. The predicted octanol–water partition coefficient (Wildman–Crippen LogP) is 4.95. The van der Waals surface area contributed by atoms with Crippen LogP contribution in [0, 0.1) is 6.92 Å². The highest BCUT2D eigenvalue weighted by Gasteiger charge is 2.31. The van der Waals surface area contributed by atoms with Gasteiger partial charge in [-0.05, 0) is 26.3 Å². The van der Waals surface area contributed by atoms with Crippen LogP contribution >= 0.6 is 23.2 Å². The molecule has 142 valence electrons. The molecule has 0 aromatic carbocycles. The minimum absolute atomic E-state index is 0.0758. The smallest absolute Gasteiger partial charge is 0.417 e. The van der Waals surface area contributed by atoms with E-state index in [9.17, 15) is 13.2 Å². The zero-order chi connectivity index (χ0) is 19.5. The summed E-state index contributed by atoms with van der Waals surface area (Å²) >= 11 is 12.1. The first kappa shape index (κ1) is 20.5. The highest BCUT2D eigenvalue weighted by molar-refractivity contribution is 6.33. The summed E-state index contributed by atoms with van der Waals surface area (Å²) in [6, 6.07) is 0.780. The van der Waals surface area contributed by atoms with Crippen molar-refractivity contribution in [3.05, 3.63) is 39.4 Å². The summed E-state index contributed by atoms with van der Waals surface area (Å²) in [5.74, 6) is 0.973. The van der Waals surface area contributed by atoms with Gasteiger partial charge in [-0.25, -0.2) is 15.0 Å². The fourth-order valence-electron chi connectivity index (χ4n) is 2.11. The monoisotopic (exact) mass is 408 g/mol. The molecule has 0 saturated heterocycles. The van der Waals surface area contributed by atoms with Crippen molar-refractivity contribution in [3.63, 3.8) is 0 Å². The third-order valence-corrected chi connectivity index (χ3v) is 4.04. The predicted molar refractivity (Wildman–Crippen MR) is 94.0 cm³/mol. The largest absolute Gasteiger partial charge is 0.472 e. The van der Waals surface area contributed by atoms with Crippen LogP contribution in [-0.2, 0) is 12.6 Å². The zero-order valence-corrected chi connectivity index (χ0v) is 15.8. The van der Waals surface area contributed by atoms with Crippen LogP contribution in [0.5, 0.6) is 5.88 Å². The Balaban J connectivity index is 2.04. The van der Waals surface area contributed by atoms with Gasteiger partial charge in [0.05, 0.1) is 17.8 Å². The van der Waals surface area contributed by atoms with Gasteiger partial charge in [-0.3, -0.25) is 0 Å². The lowest BCUT2D eigenvalue weighted by Crippen LogP contribution is -2.24. The summed E-state index contributed by atoms with van der Waals surface area (Å²) in [5, 5.41) is 3.26. The Morgan fingerprint density at radius 2 is 1.96 bits per heavy atom. The second-order valence-corrected chi connectivity index (χ2v) is 6.34. The molecular weight excluding hydrogens is 392 g/mol. The normalized spacial score (nSPS) is 12.8. The number of hydrogen-bond donors (Lipinski definition) is 1. The van der Waals surface area contributed by atoms with E-state index >= 15 is 0 Å². The maximum absolute atomic E-state index is 12.6. The van der Waals surface area contributed by atoms with Crippen molar-refractivity contribution in [1.82, 2.24) is 15.0 Å². The van der Waals surface area contributed by atoms with Gasteiger partial charge in [-0.15, -0.1) is 0 Å². The van der Waals surface area contributed by atoms with E-state index in [0.717, 1.165) is 11.8 Å². The minimum atomic E-state index is -4.51. The van der Waals surface area contributed by atoms with Crippen molar-refractivity contribution in [1.29, 1.82) is 0 Å². The summed E-state index contributed by atoms with van der Waals surface area (Å²) in [5.41, 5.74) is -0.210. The van der Waals surface area contributed by atoms with Gasteiger partial charge in [0.15, 0.2) is 0 Å². The Kier molecular flexibility index (Phi) is 6.52. The quantitative estimate of drug-likeness (QED) is 0.732. The third kappa shape index (κ3) is 5.11. The van der Waals surface area contributed by atoms with Gasteiger partial charge >= 0.3 is 6.18 Å². The Labute approximate surface area is 158 Å². The van der Waals surface area contributed by atoms with E-state index in [1.807, 2.05) is 6.92 Å². The van der Waals surface area contributed by atoms with Gasteiger partial charge in [0.1, 0.15) is 27.8 Å². The molecule has 0 amide bonds. The zero-order valence-electron chi connectivity index (χ0n) is 14.3. The van der Waals surface area contributed by atoms with Crippen molar-refractivity contribution >= 4 is 29.0 Å². The van der Waals surface area contributed by atoms with E-state index in [-0.39, 0.29) is 10.9 Å². The molecule has 0 fully saturated rings. The van der Waals surface area contributed by atoms with Crippen molar-refractivity contribution in [2.45, 2.75) is 39.5 Å². The Bertz CT molecular complexity index is 787. The molecule has 10 heteroatoms. The van der Waals surface area contributed by atoms with Crippen LogP contribution in [0.4, 0.5) is 19.0 Å². The summed E-state index contributed by atoms with van der Waals surface area (Å²) in [6.45, 7) is 5.69. The lowest BCUT2D eigenvalue weighted by atomic mass is 10.3. The van der Waals surface area contributed by atoms with Crippen molar-refractivity contribution in [2.75, 3.05) is 11.9 Å². The number of pyridine rings is 1. The molecular formula is C16H17Cl2F3N4O. The average molecular weight is 409 g/mol. The molecule has 0 saturated carbocycles. The molecule has 5 nitrogen and oxygen atoms in total. The number of rotatable bonds is 6. The van der Waals surface area contributed by atoms with E-state index in [1.165, 1.54) is 0 Å². The summed E-state index contributed by atoms with van der Waals surface area (Å²) < 4.78 is 43.4. The molecule has 2 aromatic rings. The number of ether oxygens (including phenoxy) is 1. The molecule has 0 aliphatic carbocycles. The molecule has 0 bridgehead atoms. The van der Waals surface area contributed by atoms with E-state index in [1.54, 1.807) is 13.8 Å². The fraction of sp³-hybridized carbons (Fsp3) is 0.438. The summed E-state index contributed by atoms with van der Waals surface area (Å²) in [7, 11) is 0. The number of aryl methyl sites for hydroxylation is 2. The molecule has 0 aliphatic heterocycles. The SMILES string of the molecule is CCc1nc(C)nc(NCC(C)Oc2ncc(C(F)(F)F)cc2Cl)c1Cl. The van der Waals surface area contributed by atoms with Crippen LogP contribution in [0.25, 0.3) is 0 Å². The van der Waals surface area contributed by atoms with Crippen molar-refractivity contribution < 1.29 is 17.9 Å². The van der Waals surface area contributed by atoms with Crippen LogP contribution in [0.1, 0.15) is 30.9 Å². The van der Waals surface area contributed by atoms with Crippen LogP contribution in [-0.4, -0.2) is 27.6 Å². The molecule has 2 aromatic heterocycles. The molecule has 0 aliphatic rings. The van der Waals surface area contributed by atoms with E-state index in [2.05, 4.69) is 20.3 Å². The minimum Gasteiger partial charge on any atom is -0.472 e. The molecule has 1 unspecified atom stereocenters. The Morgan fingerprint density at radius 3 is 2.54 bits per heavy atom. The number of hydrogen-bond acceptors (Lipinski definition) is 5. The molecule has 0 radical (unpaired) electrons. The van der Waals surface area contributed by atoms with Crippen LogP contribution in [0.15, 0.2) is 12.3 Å². The van der Waals surface area contributed by atoms with Gasteiger partial charge in [-0.1, -0.05) is 30.1 Å². The second kappa shape index (κ2) is 8.26. The molecule has 2 heterocycles. The van der Waals surface area contributed by atoms with Crippen LogP contribution in [0.2, 0.25) is 10.0 Å². The van der Waals surface area contributed by atoms with Crippen molar-refractivity contribution in [3.8, 4) is 5.88 Å². The van der Waals surface area contributed by atoms with Gasteiger partial charge in [0, 0.05) is 6.20 Å². The topological polar surface area (TPSA) is 59.9 Å². The summed E-state index contributed by atoms with van der Waals surface area (Å²) in [6.07, 6.45) is -3.62. The first-order valence-electron chi connectivity index (χ1n) is 7.78. The Morgan fingerprint density at radius 1 is 1.27 bits per heavy atom. The summed E-state index contributed by atoms with van der Waals surface area (Å²) in [4.78, 5) is 12.1. The highest BCUT2D eigenvalue weighted by Crippen LogP contribution is 2.33. The number of anilines is 1. The highest BCUT2D eigenvalue weighted by atomic mass is 35.5. The molecule has 1 atom stereocenters. The standard InChI is InChI=1S/C16H17Cl2F3N4O/c1-4-12-13(18)14(25-9(3)24-12)22-6-8(2)26-15-11(17)5-10(7-23-15)16(19,20)21/h5,7-8H,4,6H2,1-3H3,(H,22,24,25). The van der Waals surface area contributed by atoms with E-state index < -0.39 is 17.8 Å². The lowest BCUT2D eigenvalue weighted by molar-refractivity contribution is -0.137. The number of nitrogens with zero attached hydrogens (tertiary/aromatic N) is 3. The molecule has 0 spiro atoms. The van der Waals surface area contributed by atoms with Crippen LogP contribution in [0.3, 0.4) is 0 Å². The maximum atomic E-state index is 12.6. The molecule has 26 heavy (non-hydrogen) atoms. The second-order valence-electron chi connectivity index (χ2n) is 5.55. The van der Waals surface area contributed by atoms with Gasteiger partial charge in [-0.2, -0.15) is 13.2 Å². The van der Waals surface area contributed by atoms with Gasteiger partial charge < -0.3 is 10.1 Å². The van der Waals surface area contributed by atoms with Gasteiger partial charge in [0.2, 0.25) is 5.88 Å². The van der Waals surface area contributed by atoms with E-state index in [0.29, 0.717) is 35.8 Å². The maximum Gasteiger partial charge on any atom is 0.417 e. The number of nitrogens with one attached hydrogen (secondary N) is 1. The van der Waals surface area contributed by atoms with Gasteiger partial charge in [0.25, 0.3) is 0 Å². The Hall–Kier alpha value is -1.80. The lowest BCUT2D eigenvalue weighted by Gasteiger charge is -2.17. The molecule has 1 N–H and O–H groups in total. The van der Waals surface area contributed by atoms with Crippen molar-refractivity contribution in [2.24, 2.45) is 0 Å². The van der Waals surface area contributed by atoms with E-state index in [4.69, 9.17) is 27.9 Å². The first-order chi connectivity index (χ1) is 12.1. The number of halogens is 5. The average Bonchev–Trinajstić information content (AvgIpc) is 2.56. The first-order valence-corrected chi connectivity index (χ1v) is 8.53. The molecule has 2 rings (SSSR count). The number of aromatic nitrogens is 3.